The second-order valence-corrected chi connectivity index (χ2v) is 16.0. The van der Waals surface area contributed by atoms with Gasteiger partial charge in [0.25, 0.3) is 0 Å². The van der Waals surface area contributed by atoms with Crippen molar-refractivity contribution in [2.45, 2.75) is 0 Å². The fourth-order valence-corrected chi connectivity index (χ4v) is 11.5. The highest BCUT2D eigenvalue weighted by Crippen LogP contribution is 2.50. The van der Waals surface area contributed by atoms with Crippen molar-refractivity contribution in [3.05, 3.63) is 164 Å². The van der Waals surface area contributed by atoms with E-state index in [-0.39, 0.29) is 0 Å². The average Bonchev–Trinajstić information content (AvgIpc) is 3.87. The maximum atomic E-state index is 2.43. The highest BCUT2D eigenvalue weighted by molar-refractivity contribution is 7.30. The summed E-state index contributed by atoms with van der Waals surface area (Å²) >= 11 is 5.72. The molecule has 4 heteroatoms. The third-order valence-corrected chi connectivity index (χ3v) is 13.6. The van der Waals surface area contributed by atoms with Gasteiger partial charge in [0, 0.05) is 83.0 Å². The molecule has 0 saturated carbocycles. The summed E-state index contributed by atoms with van der Waals surface area (Å²) in [6, 6.07) is 60.3. The van der Waals surface area contributed by atoms with Crippen LogP contribution in [-0.4, -0.2) is 0 Å². The molecule has 1 nitrogen and oxygen atoms in total. The summed E-state index contributed by atoms with van der Waals surface area (Å²) in [5.41, 5.74) is 5.91. The van der Waals surface area contributed by atoms with E-state index in [2.05, 4.69) is 169 Å². The number of hydrogen-bond donors (Lipinski definition) is 0. The molecule has 0 aliphatic heterocycles. The summed E-state index contributed by atoms with van der Waals surface area (Å²) in [6.45, 7) is 0. The lowest BCUT2D eigenvalue weighted by Crippen LogP contribution is -2.09. The molecule has 0 atom stereocenters. The van der Waals surface area contributed by atoms with Crippen LogP contribution in [0.25, 0.3) is 82.4 Å². The van der Waals surface area contributed by atoms with Gasteiger partial charge >= 0.3 is 0 Å². The molecule has 0 spiro atoms. The molecule has 0 bridgehead atoms. The quantitative estimate of drug-likeness (QED) is 0.178. The lowest BCUT2D eigenvalue weighted by molar-refractivity contribution is 1.30. The minimum atomic E-state index is 1.14. The summed E-state index contributed by atoms with van der Waals surface area (Å²) in [4.78, 5) is 2.43. The minimum absolute atomic E-state index is 1.14. The number of anilines is 3. The average molecular weight is 690 g/mol. The number of thiophene rings is 3. The molecule has 0 fully saturated rings. The molecule has 234 valence electrons. The Bertz CT molecular complexity index is 3090. The number of rotatable bonds is 4. The monoisotopic (exact) mass is 689 g/mol. The SMILES string of the molecule is c1ccc(-c2ccc(N(c3ccc4c(c3)sc3ccccc34)c3ccc4c(c3)sc3c5ccccc5c5c6ccccc6sc5c43)cc2)cc1. The Balaban J connectivity index is 1.15. The summed E-state index contributed by atoms with van der Waals surface area (Å²) < 4.78 is 8.04. The molecule has 0 aliphatic rings. The molecule has 0 amide bonds. The van der Waals surface area contributed by atoms with Crippen LogP contribution < -0.4 is 4.90 Å². The van der Waals surface area contributed by atoms with Gasteiger partial charge in [0.1, 0.15) is 0 Å². The molecule has 50 heavy (non-hydrogen) atoms. The molecule has 0 aliphatic carbocycles. The van der Waals surface area contributed by atoms with E-state index in [4.69, 9.17) is 0 Å². The molecular formula is C46H27NS3. The van der Waals surface area contributed by atoms with Gasteiger partial charge in [-0.25, -0.2) is 0 Å². The summed E-state index contributed by atoms with van der Waals surface area (Å²) in [6.07, 6.45) is 0. The first-order valence-corrected chi connectivity index (χ1v) is 19.3. The maximum absolute atomic E-state index is 2.43. The topological polar surface area (TPSA) is 3.24 Å². The van der Waals surface area contributed by atoms with Crippen molar-refractivity contribution in [1.82, 2.24) is 0 Å². The van der Waals surface area contributed by atoms with Crippen LogP contribution in [0.3, 0.4) is 0 Å². The van der Waals surface area contributed by atoms with E-state index < -0.39 is 0 Å². The van der Waals surface area contributed by atoms with Gasteiger partial charge in [-0.2, -0.15) is 0 Å². The predicted molar refractivity (Wildman–Crippen MR) is 223 cm³/mol. The van der Waals surface area contributed by atoms with Crippen LogP contribution in [0.2, 0.25) is 0 Å². The van der Waals surface area contributed by atoms with Gasteiger partial charge in [0.05, 0.1) is 0 Å². The normalized spacial score (nSPS) is 12.0. The standard InChI is InChI=1S/C46H27NS3/c1-2-10-28(11-3-1)29-18-20-30(21-19-29)47(31-22-24-34-33-12-6-8-16-39(33)48-41(34)26-31)32-23-25-38-42(27-32)50-45-36-14-5-4-13-35(36)43-37-15-7-9-17-40(37)49-46(43)44(38)45/h1-27H. The van der Waals surface area contributed by atoms with E-state index in [9.17, 15) is 0 Å². The van der Waals surface area contributed by atoms with Crippen LogP contribution >= 0.6 is 34.0 Å². The van der Waals surface area contributed by atoms with E-state index in [1.54, 1.807) is 0 Å². The largest absolute Gasteiger partial charge is 0.310 e. The number of benzene rings is 8. The van der Waals surface area contributed by atoms with Gasteiger partial charge in [0.15, 0.2) is 0 Å². The zero-order valence-corrected chi connectivity index (χ0v) is 29.2. The van der Waals surface area contributed by atoms with Gasteiger partial charge in [-0.3, -0.25) is 0 Å². The predicted octanol–water partition coefficient (Wildman–Crippen LogP) is 15.1. The molecule has 0 radical (unpaired) electrons. The molecule has 0 saturated heterocycles. The van der Waals surface area contributed by atoms with Gasteiger partial charge in [-0.15, -0.1) is 34.0 Å². The molecule has 8 aromatic carbocycles. The van der Waals surface area contributed by atoms with Crippen molar-refractivity contribution < 1.29 is 0 Å². The van der Waals surface area contributed by atoms with Crippen LogP contribution in [0.5, 0.6) is 0 Å². The van der Waals surface area contributed by atoms with Crippen LogP contribution in [0.1, 0.15) is 0 Å². The number of nitrogens with zero attached hydrogens (tertiary/aromatic N) is 1. The van der Waals surface area contributed by atoms with Gasteiger partial charge < -0.3 is 4.90 Å². The zero-order chi connectivity index (χ0) is 32.8. The minimum Gasteiger partial charge on any atom is -0.310 e. The summed E-state index contributed by atoms with van der Waals surface area (Å²) in [5, 5.41) is 10.8. The number of hydrogen-bond acceptors (Lipinski definition) is 4. The lowest BCUT2D eigenvalue weighted by atomic mass is 10.00. The maximum Gasteiger partial charge on any atom is 0.0476 e. The van der Waals surface area contributed by atoms with Crippen LogP contribution in [-0.2, 0) is 0 Å². The molecule has 0 unspecified atom stereocenters. The highest BCUT2D eigenvalue weighted by Gasteiger charge is 2.20. The molecular weight excluding hydrogens is 663 g/mol. The smallest absolute Gasteiger partial charge is 0.0476 e. The third-order valence-electron chi connectivity index (χ3n) is 10.0. The first-order chi connectivity index (χ1) is 24.8. The van der Waals surface area contributed by atoms with E-state index in [1.807, 2.05) is 34.0 Å². The lowest BCUT2D eigenvalue weighted by Gasteiger charge is -2.26. The molecule has 11 aromatic rings. The van der Waals surface area contributed by atoms with Crippen molar-refractivity contribution in [2.75, 3.05) is 4.90 Å². The van der Waals surface area contributed by atoms with Crippen molar-refractivity contribution in [1.29, 1.82) is 0 Å². The third kappa shape index (κ3) is 4.23. The van der Waals surface area contributed by atoms with E-state index in [0.717, 1.165) is 17.1 Å². The first kappa shape index (κ1) is 28.3. The molecule has 0 N–H and O–H groups in total. The van der Waals surface area contributed by atoms with Gasteiger partial charge in [-0.05, 0) is 65.0 Å². The van der Waals surface area contributed by atoms with Crippen LogP contribution in [0.4, 0.5) is 17.1 Å². The Morgan fingerprint density at radius 2 is 0.800 bits per heavy atom. The Kier molecular flexibility index (Phi) is 6.23. The Hall–Kier alpha value is -5.52. The Morgan fingerprint density at radius 1 is 0.300 bits per heavy atom. The van der Waals surface area contributed by atoms with Crippen molar-refractivity contribution in [3.8, 4) is 11.1 Å². The summed E-state index contributed by atoms with van der Waals surface area (Å²) in [7, 11) is 0. The van der Waals surface area contributed by atoms with Crippen LogP contribution in [0, 0.1) is 0 Å². The Labute approximate surface area is 300 Å². The zero-order valence-electron chi connectivity index (χ0n) is 26.8. The van der Waals surface area contributed by atoms with Crippen molar-refractivity contribution in [3.63, 3.8) is 0 Å². The second-order valence-electron chi connectivity index (χ2n) is 12.9. The van der Waals surface area contributed by atoms with Gasteiger partial charge in [-0.1, -0.05) is 115 Å². The van der Waals surface area contributed by atoms with E-state index >= 15 is 0 Å². The van der Waals surface area contributed by atoms with E-state index in [0.29, 0.717) is 0 Å². The van der Waals surface area contributed by atoms with Gasteiger partial charge in [0.2, 0.25) is 0 Å². The first-order valence-electron chi connectivity index (χ1n) is 16.8. The second kappa shape index (κ2) is 11.0. The van der Waals surface area contributed by atoms with Crippen molar-refractivity contribution >= 4 is 122 Å². The molecule has 3 aromatic heterocycles. The highest BCUT2D eigenvalue weighted by atomic mass is 32.1. The fourth-order valence-electron chi connectivity index (χ4n) is 7.76. The molecule has 3 heterocycles. The Morgan fingerprint density at radius 3 is 1.56 bits per heavy atom. The van der Waals surface area contributed by atoms with Crippen LogP contribution in [0.15, 0.2) is 164 Å². The fraction of sp³-hybridized carbons (Fsp3) is 0. The van der Waals surface area contributed by atoms with Crippen molar-refractivity contribution in [2.24, 2.45) is 0 Å². The summed E-state index contributed by atoms with van der Waals surface area (Å²) in [5.74, 6) is 0. The molecule has 11 rings (SSSR count). The van der Waals surface area contributed by atoms with E-state index in [1.165, 1.54) is 82.4 Å². The number of fused-ring (bicyclic) bond motifs is 13.